The van der Waals surface area contributed by atoms with Crippen LogP contribution in [-0.2, 0) is 14.4 Å². The molecular weight excluding hydrogens is 461 g/mol. The summed E-state index contributed by atoms with van der Waals surface area (Å²) >= 11 is 0. The van der Waals surface area contributed by atoms with Crippen molar-refractivity contribution in [2.75, 3.05) is 38.7 Å². The molecule has 0 bridgehead atoms. The van der Waals surface area contributed by atoms with Gasteiger partial charge in [0.2, 0.25) is 5.91 Å². The van der Waals surface area contributed by atoms with E-state index in [9.17, 15) is 18.8 Å². The van der Waals surface area contributed by atoms with Crippen molar-refractivity contribution in [3.05, 3.63) is 41.1 Å². The highest BCUT2D eigenvalue weighted by Crippen LogP contribution is 2.34. The molecule has 3 rings (SSSR count). The molecule has 0 spiro atoms. The van der Waals surface area contributed by atoms with Crippen LogP contribution in [0.25, 0.3) is 0 Å². The summed E-state index contributed by atoms with van der Waals surface area (Å²) < 4.78 is 12.7. The number of hydrogen-bond acceptors (Lipinski definition) is 5. The summed E-state index contributed by atoms with van der Waals surface area (Å²) in [5.74, 6) is 1.22. The van der Waals surface area contributed by atoms with E-state index in [2.05, 4.69) is 23.1 Å². The number of carbonyl (C=O) groups excluding carboxylic acids is 3. The SMILES string of the molecule is C#CC.CC.CCCN(C)C(=O)CN1CC(C)N2NC(c3ccc(C)cc3NC(=O)CF)C=C2C1=O. The van der Waals surface area contributed by atoms with Crippen LogP contribution in [0.15, 0.2) is 30.0 Å². The zero-order valence-corrected chi connectivity index (χ0v) is 22.5. The molecule has 0 aliphatic carbocycles. The van der Waals surface area contributed by atoms with Gasteiger partial charge in [0, 0.05) is 25.8 Å². The number of likely N-dealkylation sites (N-methyl/N-ethyl adjacent to an activating group) is 1. The topological polar surface area (TPSA) is 85.0 Å². The lowest BCUT2D eigenvalue weighted by Gasteiger charge is -2.40. The highest BCUT2D eigenvalue weighted by Gasteiger charge is 2.40. The molecule has 36 heavy (non-hydrogen) atoms. The van der Waals surface area contributed by atoms with Crippen molar-refractivity contribution >= 4 is 23.4 Å². The third-order valence-corrected chi connectivity index (χ3v) is 5.54. The van der Waals surface area contributed by atoms with Gasteiger partial charge in [0.15, 0.2) is 6.67 Å². The van der Waals surface area contributed by atoms with Crippen LogP contribution in [0.5, 0.6) is 0 Å². The number of hydrazine groups is 1. The number of aryl methyl sites for hydroxylation is 1. The minimum Gasteiger partial charge on any atom is -0.344 e. The number of nitrogens with one attached hydrogen (secondary N) is 2. The van der Waals surface area contributed by atoms with E-state index in [1.54, 1.807) is 35.9 Å². The number of fused-ring (bicyclic) bond motifs is 1. The molecule has 2 aliphatic heterocycles. The van der Waals surface area contributed by atoms with E-state index in [0.29, 0.717) is 24.5 Å². The first kappa shape index (κ1) is 30.7. The Balaban J connectivity index is 0.00000120. The lowest BCUT2D eigenvalue weighted by Crippen LogP contribution is -2.57. The van der Waals surface area contributed by atoms with E-state index < -0.39 is 12.6 Å². The fraction of sp³-hybridized carbons (Fsp3) is 0.519. The summed E-state index contributed by atoms with van der Waals surface area (Å²) in [6.07, 6.45) is 7.25. The second-order valence-corrected chi connectivity index (χ2v) is 8.44. The Bertz CT molecular complexity index is 988. The fourth-order valence-electron chi connectivity index (χ4n) is 3.95. The van der Waals surface area contributed by atoms with Crippen LogP contribution in [-0.4, -0.2) is 71.9 Å². The van der Waals surface area contributed by atoms with Gasteiger partial charge in [0.05, 0.1) is 12.1 Å². The number of carbonyl (C=O) groups is 3. The second-order valence-electron chi connectivity index (χ2n) is 8.44. The molecule has 198 valence electrons. The van der Waals surface area contributed by atoms with E-state index in [1.165, 1.54) is 0 Å². The molecule has 9 heteroatoms. The number of hydrogen-bond donors (Lipinski definition) is 2. The largest absolute Gasteiger partial charge is 0.344 e. The third kappa shape index (κ3) is 7.82. The maximum atomic E-state index is 13.1. The monoisotopic (exact) mass is 501 g/mol. The van der Waals surface area contributed by atoms with Gasteiger partial charge < -0.3 is 15.1 Å². The first-order valence-electron chi connectivity index (χ1n) is 12.3. The zero-order valence-electron chi connectivity index (χ0n) is 22.5. The van der Waals surface area contributed by atoms with Gasteiger partial charge in [-0.15, -0.1) is 12.3 Å². The summed E-state index contributed by atoms with van der Waals surface area (Å²) in [5.41, 5.74) is 5.94. The van der Waals surface area contributed by atoms with Gasteiger partial charge in [-0.25, -0.2) is 9.82 Å². The lowest BCUT2D eigenvalue weighted by atomic mass is 10.0. The Morgan fingerprint density at radius 3 is 2.56 bits per heavy atom. The Hall–Kier alpha value is -3.38. The lowest BCUT2D eigenvalue weighted by molar-refractivity contribution is -0.141. The van der Waals surface area contributed by atoms with Crippen LogP contribution in [0.2, 0.25) is 0 Å². The zero-order chi connectivity index (χ0) is 27.4. The van der Waals surface area contributed by atoms with Crippen LogP contribution >= 0.6 is 0 Å². The Morgan fingerprint density at radius 2 is 1.97 bits per heavy atom. The van der Waals surface area contributed by atoms with Crippen molar-refractivity contribution < 1.29 is 18.8 Å². The fourth-order valence-corrected chi connectivity index (χ4v) is 3.95. The molecule has 0 radical (unpaired) electrons. The molecule has 3 amide bonds. The maximum Gasteiger partial charge on any atom is 0.271 e. The standard InChI is InChI=1S/C22H30FN5O3.C3H4.C2H6/c1-5-8-26(4)21(30)13-27-12-15(3)28-19(22(27)31)10-18(25-28)16-7-6-14(2)9-17(16)24-20(29)11-23;1-3-2;1-2/h6-7,9-10,15,18,25H,5,8,11-13H2,1-4H3,(H,24,29);1H,2H3;1-2H3. The molecule has 2 aliphatic rings. The van der Waals surface area contributed by atoms with Crippen LogP contribution in [0.3, 0.4) is 0 Å². The second kappa shape index (κ2) is 14.9. The van der Waals surface area contributed by atoms with E-state index in [0.717, 1.165) is 17.5 Å². The third-order valence-electron chi connectivity index (χ3n) is 5.54. The van der Waals surface area contributed by atoms with Crippen LogP contribution < -0.4 is 10.7 Å². The van der Waals surface area contributed by atoms with Crippen molar-refractivity contribution in [3.63, 3.8) is 0 Å². The van der Waals surface area contributed by atoms with Crippen molar-refractivity contribution in [1.29, 1.82) is 0 Å². The summed E-state index contributed by atoms with van der Waals surface area (Å²) in [4.78, 5) is 40.4. The number of alkyl halides is 1. The molecule has 2 heterocycles. The van der Waals surface area contributed by atoms with Crippen molar-refractivity contribution in [3.8, 4) is 12.3 Å². The van der Waals surface area contributed by atoms with Gasteiger partial charge in [0.1, 0.15) is 12.2 Å². The normalized spacial score (nSPS) is 18.0. The van der Waals surface area contributed by atoms with Crippen LogP contribution in [0, 0.1) is 19.3 Å². The molecule has 1 fully saturated rings. The number of terminal acetylenes is 1. The highest BCUT2D eigenvalue weighted by molar-refractivity contribution is 5.97. The van der Waals surface area contributed by atoms with Crippen LogP contribution in [0.4, 0.5) is 10.1 Å². The summed E-state index contributed by atoms with van der Waals surface area (Å²) in [6, 6.07) is 5.12. The number of rotatable bonds is 7. The molecule has 1 aromatic carbocycles. The first-order chi connectivity index (χ1) is 17.2. The Kier molecular flexibility index (Phi) is 12.7. The van der Waals surface area contributed by atoms with Gasteiger partial charge in [-0.1, -0.05) is 32.9 Å². The maximum absolute atomic E-state index is 13.1. The number of amides is 3. The van der Waals surface area contributed by atoms with Crippen molar-refractivity contribution in [1.82, 2.24) is 20.2 Å². The van der Waals surface area contributed by atoms with Gasteiger partial charge in [-0.2, -0.15) is 0 Å². The Morgan fingerprint density at radius 1 is 1.33 bits per heavy atom. The minimum absolute atomic E-state index is 0.0395. The minimum atomic E-state index is -1.11. The molecule has 0 aromatic heterocycles. The number of halogens is 1. The van der Waals surface area contributed by atoms with Crippen LogP contribution in [0.1, 0.15) is 58.2 Å². The van der Waals surface area contributed by atoms with Gasteiger partial charge in [0.25, 0.3) is 11.8 Å². The molecule has 2 atom stereocenters. The predicted molar refractivity (Wildman–Crippen MR) is 141 cm³/mol. The highest BCUT2D eigenvalue weighted by atomic mass is 19.1. The molecule has 1 aromatic rings. The number of benzene rings is 1. The summed E-state index contributed by atoms with van der Waals surface area (Å²) in [5, 5.41) is 4.40. The van der Waals surface area contributed by atoms with Crippen molar-refractivity contribution in [2.45, 2.75) is 60.0 Å². The molecule has 2 N–H and O–H groups in total. The number of nitrogens with zero attached hydrogens (tertiary/aromatic N) is 3. The van der Waals surface area contributed by atoms with E-state index >= 15 is 0 Å². The number of piperazine rings is 1. The van der Waals surface area contributed by atoms with Gasteiger partial charge in [-0.05, 0) is 50.5 Å². The van der Waals surface area contributed by atoms with E-state index in [1.807, 2.05) is 51.8 Å². The average molecular weight is 502 g/mol. The summed E-state index contributed by atoms with van der Waals surface area (Å²) in [7, 11) is 1.74. The molecule has 1 saturated heterocycles. The van der Waals surface area contributed by atoms with Crippen molar-refractivity contribution in [2.24, 2.45) is 0 Å². The molecule has 0 saturated carbocycles. The quantitative estimate of drug-likeness (QED) is 0.560. The molecular formula is C27H40FN5O3. The summed E-state index contributed by atoms with van der Waals surface area (Å²) in [6.45, 7) is 11.5. The molecule has 2 unspecified atom stereocenters. The van der Waals surface area contributed by atoms with E-state index in [-0.39, 0.29) is 30.4 Å². The first-order valence-corrected chi connectivity index (χ1v) is 12.3. The van der Waals surface area contributed by atoms with Gasteiger partial charge >= 0.3 is 0 Å². The average Bonchev–Trinajstić information content (AvgIpc) is 3.30. The number of anilines is 1. The van der Waals surface area contributed by atoms with Gasteiger partial charge in [-0.3, -0.25) is 19.4 Å². The van der Waals surface area contributed by atoms with E-state index in [4.69, 9.17) is 0 Å². The smallest absolute Gasteiger partial charge is 0.271 e. The molecule has 8 nitrogen and oxygen atoms in total. The Labute approximate surface area is 214 Å². The predicted octanol–water partition coefficient (Wildman–Crippen LogP) is 3.41.